The molecule has 0 bridgehead atoms. The number of carbonyl (C=O) groups excluding carboxylic acids is 2. The average molecular weight is 251 g/mol. The SMILES string of the molecule is CCOC(=O)C(N)Cc1ccc(O)cc1C(C)=O. The Kier molecular flexibility index (Phi) is 4.85. The number of benzene rings is 1. The van der Waals surface area contributed by atoms with Gasteiger partial charge in [0, 0.05) is 5.56 Å². The summed E-state index contributed by atoms with van der Waals surface area (Å²) in [6.45, 7) is 3.36. The number of hydrogen-bond donors (Lipinski definition) is 2. The summed E-state index contributed by atoms with van der Waals surface area (Å²) in [5.74, 6) is -0.675. The summed E-state index contributed by atoms with van der Waals surface area (Å²) in [7, 11) is 0. The van der Waals surface area contributed by atoms with Crippen molar-refractivity contribution in [1.82, 2.24) is 0 Å². The first-order chi connectivity index (χ1) is 8.45. The molecule has 0 saturated heterocycles. The lowest BCUT2D eigenvalue weighted by atomic mass is 9.98. The van der Waals surface area contributed by atoms with Gasteiger partial charge in [-0.3, -0.25) is 9.59 Å². The van der Waals surface area contributed by atoms with Gasteiger partial charge in [-0.1, -0.05) is 6.07 Å². The minimum atomic E-state index is -0.812. The van der Waals surface area contributed by atoms with Crippen molar-refractivity contribution in [2.45, 2.75) is 26.3 Å². The van der Waals surface area contributed by atoms with E-state index < -0.39 is 12.0 Å². The number of rotatable bonds is 5. The molecule has 0 heterocycles. The van der Waals surface area contributed by atoms with E-state index in [-0.39, 0.29) is 24.6 Å². The number of esters is 1. The van der Waals surface area contributed by atoms with Crippen LogP contribution in [0.3, 0.4) is 0 Å². The smallest absolute Gasteiger partial charge is 0.323 e. The minimum absolute atomic E-state index is 0.00801. The second-order valence-electron chi connectivity index (χ2n) is 3.96. The van der Waals surface area contributed by atoms with E-state index in [2.05, 4.69) is 0 Å². The molecule has 0 radical (unpaired) electrons. The second kappa shape index (κ2) is 6.16. The Bertz CT molecular complexity index is 456. The molecular weight excluding hydrogens is 234 g/mol. The fourth-order valence-corrected chi connectivity index (χ4v) is 1.64. The highest BCUT2D eigenvalue weighted by atomic mass is 16.5. The van der Waals surface area contributed by atoms with Crippen molar-refractivity contribution < 1.29 is 19.4 Å². The van der Waals surface area contributed by atoms with Crippen LogP contribution in [0.2, 0.25) is 0 Å². The lowest BCUT2D eigenvalue weighted by Gasteiger charge is -2.13. The third-order valence-electron chi connectivity index (χ3n) is 2.50. The summed E-state index contributed by atoms with van der Waals surface area (Å²) in [5, 5.41) is 9.34. The molecule has 18 heavy (non-hydrogen) atoms. The molecule has 0 amide bonds. The van der Waals surface area contributed by atoms with Crippen molar-refractivity contribution in [2.75, 3.05) is 6.61 Å². The largest absolute Gasteiger partial charge is 0.508 e. The molecule has 1 rings (SSSR count). The maximum atomic E-state index is 11.4. The number of carbonyl (C=O) groups is 2. The van der Waals surface area contributed by atoms with Gasteiger partial charge in [-0.2, -0.15) is 0 Å². The Balaban J connectivity index is 2.90. The molecule has 0 fully saturated rings. The third-order valence-corrected chi connectivity index (χ3v) is 2.50. The Morgan fingerprint density at radius 3 is 2.67 bits per heavy atom. The van der Waals surface area contributed by atoms with Crippen LogP contribution < -0.4 is 5.73 Å². The molecular formula is C13H17NO4. The number of phenols is 1. The van der Waals surface area contributed by atoms with Crippen LogP contribution in [0.5, 0.6) is 5.75 Å². The molecule has 1 aromatic rings. The van der Waals surface area contributed by atoms with E-state index in [1.54, 1.807) is 13.0 Å². The van der Waals surface area contributed by atoms with Gasteiger partial charge in [0.1, 0.15) is 11.8 Å². The standard InChI is InChI=1S/C13H17NO4/c1-3-18-13(17)12(14)6-9-4-5-10(16)7-11(9)8(2)15/h4-5,7,12,16H,3,6,14H2,1-2H3. The predicted molar refractivity (Wildman–Crippen MR) is 66.4 cm³/mol. The van der Waals surface area contributed by atoms with E-state index in [1.165, 1.54) is 19.1 Å². The molecule has 5 heteroatoms. The maximum absolute atomic E-state index is 11.4. The highest BCUT2D eigenvalue weighted by Crippen LogP contribution is 2.18. The maximum Gasteiger partial charge on any atom is 0.323 e. The summed E-state index contributed by atoms with van der Waals surface area (Å²) in [4.78, 5) is 22.8. The van der Waals surface area contributed by atoms with Crippen LogP contribution in [0.4, 0.5) is 0 Å². The zero-order chi connectivity index (χ0) is 13.7. The summed E-state index contributed by atoms with van der Waals surface area (Å²) >= 11 is 0. The van der Waals surface area contributed by atoms with Gasteiger partial charge < -0.3 is 15.6 Å². The number of ether oxygens (including phenoxy) is 1. The number of Topliss-reactive ketones (excluding diaryl/α,β-unsaturated/α-hetero) is 1. The van der Waals surface area contributed by atoms with Gasteiger partial charge >= 0.3 is 5.97 Å². The first-order valence-electron chi connectivity index (χ1n) is 5.70. The van der Waals surface area contributed by atoms with Crippen molar-refractivity contribution in [1.29, 1.82) is 0 Å². The lowest BCUT2D eigenvalue weighted by molar-refractivity contribution is -0.144. The number of phenolic OH excluding ortho intramolecular Hbond substituents is 1. The number of hydrogen-bond acceptors (Lipinski definition) is 5. The van der Waals surface area contributed by atoms with E-state index in [0.29, 0.717) is 11.1 Å². The molecule has 0 aliphatic carbocycles. The number of aromatic hydroxyl groups is 1. The van der Waals surface area contributed by atoms with Gasteiger partial charge in [-0.25, -0.2) is 0 Å². The Labute approximate surface area is 106 Å². The minimum Gasteiger partial charge on any atom is -0.508 e. The molecule has 0 spiro atoms. The van der Waals surface area contributed by atoms with E-state index in [1.807, 2.05) is 0 Å². The number of nitrogens with two attached hydrogens (primary N) is 1. The zero-order valence-corrected chi connectivity index (χ0v) is 10.5. The van der Waals surface area contributed by atoms with Crippen molar-refractivity contribution in [3.05, 3.63) is 29.3 Å². The van der Waals surface area contributed by atoms with Crippen molar-refractivity contribution in [3.63, 3.8) is 0 Å². The molecule has 0 aliphatic heterocycles. The summed E-state index contributed by atoms with van der Waals surface area (Å²) in [6.07, 6.45) is 0.202. The molecule has 1 aromatic carbocycles. The molecule has 0 aromatic heterocycles. The first kappa shape index (κ1) is 14.2. The normalized spacial score (nSPS) is 11.9. The van der Waals surface area contributed by atoms with Crippen LogP contribution in [0.25, 0.3) is 0 Å². The average Bonchev–Trinajstić information content (AvgIpc) is 2.31. The number of ketones is 1. The predicted octanol–water partition coefficient (Wildman–Crippen LogP) is 1.03. The van der Waals surface area contributed by atoms with Crippen LogP contribution in [0.1, 0.15) is 29.8 Å². The topological polar surface area (TPSA) is 89.6 Å². The summed E-state index contributed by atoms with van der Waals surface area (Å²) < 4.78 is 4.80. The molecule has 1 atom stereocenters. The summed E-state index contributed by atoms with van der Waals surface area (Å²) in [5.41, 5.74) is 6.69. The van der Waals surface area contributed by atoms with Crippen LogP contribution in [-0.2, 0) is 16.0 Å². The van der Waals surface area contributed by atoms with Gasteiger partial charge in [-0.05, 0) is 38.0 Å². The van der Waals surface area contributed by atoms with Crippen LogP contribution >= 0.6 is 0 Å². The lowest BCUT2D eigenvalue weighted by Crippen LogP contribution is -2.34. The molecule has 1 unspecified atom stereocenters. The molecule has 0 aliphatic rings. The molecule has 98 valence electrons. The molecule has 3 N–H and O–H groups in total. The Morgan fingerprint density at radius 1 is 1.44 bits per heavy atom. The van der Waals surface area contributed by atoms with Gasteiger partial charge in [0.15, 0.2) is 5.78 Å². The van der Waals surface area contributed by atoms with E-state index in [0.717, 1.165) is 0 Å². The fourth-order valence-electron chi connectivity index (χ4n) is 1.64. The van der Waals surface area contributed by atoms with Crippen LogP contribution in [0, 0.1) is 0 Å². The molecule has 0 saturated carbocycles. The highest BCUT2D eigenvalue weighted by molar-refractivity contribution is 5.96. The van der Waals surface area contributed by atoms with Crippen LogP contribution in [0.15, 0.2) is 18.2 Å². The van der Waals surface area contributed by atoms with Crippen LogP contribution in [-0.4, -0.2) is 29.5 Å². The quantitative estimate of drug-likeness (QED) is 0.602. The van der Waals surface area contributed by atoms with Gasteiger partial charge in [0.05, 0.1) is 6.61 Å². The van der Waals surface area contributed by atoms with E-state index >= 15 is 0 Å². The Morgan fingerprint density at radius 2 is 2.11 bits per heavy atom. The zero-order valence-electron chi connectivity index (χ0n) is 10.5. The Hall–Kier alpha value is -1.88. The first-order valence-corrected chi connectivity index (χ1v) is 5.70. The second-order valence-corrected chi connectivity index (χ2v) is 3.96. The molecule has 5 nitrogen and oxygen atoms in total. The van der Waals surface area contributed by atoms with Crippen molar-refractivity contribution >= 4 is 11.8 Å². The third kappa shape index (κ3) is 3.56. The van der Waals surface area contributed by atoms with E-state index in [9.17, 15) is 14.7 Å². The van der Waals surface area contributed by atoms with Gasteiger partial charge in [0.25, 0.3) is 0 Å². The fraction of sp³-hybridized carbons (Fsp3) is 0.385. The van der Waals surface area contributed by atoms with Gasteiger partial charge in [0.2, 0.25) is 0 Å². The van der Waals surface area contributed by atoms with E-state index in [4.69, 9.17) is 10.5 Å². The van der Waals surface area contributed by atoms with Crippen molar-refractivity contribution in [2.24, 2.45) is 5.73 Å². The highest BCUT2D eigenvalue weighted by Gasteiger charge is 2.18. The van der Waals surface area contributed by atoms with Crippen molar-refractivity contribution in [3.8, 4) is 5.75 Å². The van der Waals surface area contributed by atoms with Gasteiger partial charge in [-0.15, -0.1) is 0 Å². The monoisotopic (exact) mass is 251 g/mol. The summed E-state index contributed by atoms with van der Waals surface area (Å²) in [6, 6.07) is 3.60.